The van der Waals surface area contributed by atoms with Crippen molar-refractivity contribution in [3.05, 3.63) is 82.1 Å². The molecule has 0 aliphatic carbocycles. The van der Waals surface area contributed by atoms with Crippen LogP contribution in [0.25, 0.3) is 5.69 Å². The number of nitrogens with one attached hydrogen (secondary N) is 2. The second kappa shape index (κ2) is 7.67. The van der Waals surface area contributed by atoms with Crippen molar-refractivity contribution in [1.82, 2.24) is 9.88 Å². The Morgan fingerprint density at radius 3 is 2.54 bits per heavy atom. The Morgan fingerprint density at radius 1 is 1.04 bits per heavy atom. The zero-order valence-corrected chi connectivity index (χ0v) is 15.9. The van der Waals surface area contributed by atoms with Crippen LogP contribution in [-0.2, 0) is 6.54 Å². The Hall–Kier alpha value is -2.72. The Balaban J connectivity index is 1.72. The molecule has 0 atom stereocenters. The lowest BCUT2D eigenvalue weighted by molar-refractivity contribution is 0.251. The van der Waals surface area contributed by atoms with Crippen LogP contribution in [0, 0.1) is 20.8 Å². The fourth-order valence-corrected chi connectivity index (χ4v) is 3.26. The van der Waals surface area contributed by atoms with E-state index in [9.17, 15) is 4.79 Å². The Morgan fingerprint density at radius 2 is 1.81 bits per heavy atom. The summed E-state index contributed by atoms with van der Waals surface area (Å²) in [6.45, 7) is 6.67. The van der Waals surface area contributed by atoms with Gasteiger partial charge in [-0.2, -0.15) is 0 Å². The third-order valence-corrected chi connectivity index (χ3v) is 4.69. The summed E-state index contributed by atoms with van der Waals surface area (Å²) in [7, 11) is 0. The molecule has 0 unspecified atom stereocenters. The summed E-state index contributed by atoms with van der Waals surface area (Å²) in [5, 5.41) is 6.18. The van der Waals surface area contributed by atoms with Crippen molar-refractivity contribution in [1.29, 1.82) is 0 Å². The average Bonchev–Trinajstić information content (AvgIpc) is 2.89. The minimum atomic E-state index is -0.279. The van der Waals surface area contributed by atoms with Crippen molar-refractivity contribution in [2.75, 3.05) is 5.32 Å². The number of nitrogens with zero attached hydrogens (tertiary/aromatic N) is 1. The van der Waals surface area contributed by atoms with Crippen LogP contribution in [0.15, 0.2) is 54.6 Å². The second-order valence-corrected chi connectivity index (χ2v) is 6.77. The van der Waals surface area contributed by atoms with Gasteiger partial charge in [0.15, 0.2) is 0 Å². The molecule has 3 aromatic rings. The molecule has 1 heterocycles. The molecule has 134 valence electrons. The number of carbonyl (C=O) groups excluding carboxylic acids is 1. The molecule has 2 amide bonds. The molecule has 2 aromatic carbocycles. The van der Waals surface area contributed by atoms with Gasteiger partial charge in [0.1, 0.15) is 0 Å². The molecular formula is C21H22ClN3O. The third-order valence-electron chi connectivity index (χ3n) is 4.36. The van der Waals surface area contributed by atoms with Gasteiger partial charge >= 0.3 is 6.03 Å². The highest BCUT2D eigenvalue weighted by molar-refractivity contribution is 6.33. The van der Waals surface area contributed by atoms with E-state index in [4.69, 9.17) is 11.6 Å². The number of amides is 2. The minimum absolute atomic E-state index is 0.279. The number of benzene rings is 2. The molecule has 0 bridgehead atoms. The number of hydrogen-bond donors (Lipinski definition) is 2. The number of halogens is 1. The van der Waals surface area contributed by atoms with Crippen molar-refractivity contribution < 1.29 is 4.79 Å². The Bertz CT molecular complexity index is 946. The first-order valence-corrected chi connectivity index (χ1v) is 8.88. The molecule has 0 saturated heterocycles. The summed E-state index contributed by atoms with van der Waals surface area (Å²) in [6, 6.07) is 17.4. The molecule has 0 radical (unpaired) electrons. The summed E-state index contributed by atoms with van der Waals surface area (Å²) in [5.74, 6) is 0. The number of aromatic nitrogens is 1. The number of aryl methyl sites for hydroxylation is 2. The zero-order chi connectivity index (χ0) is 18.7. The van der Waals surface area contributed by atoms with E-state index < -0.39 is 0 Å². The molecule has 0 fully saturated rings. The van der Waals surface area contributed by atoms with E-state index in [1.54, 1.807) is 12.1 Å². The quantitative estimate of drug-likeness (QED) is 0.639. The number of hydrogen-bond acceptors (Lipinski definition) is 1. The minimum Gasteiger partial charge on any atom is -0.334 e. The van der Waals surface area contributed by atoms with Crippen molar-refractivity contribution in [3.63, 3.8) is 0 Å². The van der Waals surface area contributed by atoms with E-state index in [1.807, 2.05) is 12.1 Å². The number of urea groups is 1. The first kappa shape index (κ1) is 18.1. The number of carbonyl (C=O) groups is 1. The molecule has 2 N–H and O–H groups in total. The van der Waals surface area contributed by atoms with Crippen LogP contribution in [0.5, 0.6) is 0 Å². The van der Waals surface area contributed by atoms with Gasteiger partial charge in [-0.3, -0.25) is 0 Å². The summed E-state index contributed by atoms with van der Waals surface area (Å²) in [4.78, 5) is 12.2. The smallest absolute Gasteiger partial charge is 0.319 e. The van der Waals surface area contributed by atoms with Gasteiger partial charge in [0.05, 0.1) is 10.7 Å². The molecule has 3 rings (SSSR count). The number of para-hydroxylation sites is 1. The van der Waals surface area contributed by atoms with Gasteiger partial charge in [-0.1, -0.05) is 35.9 Å². The first-order valence-electron chi connectivity index (χ1n) is 8.50. The van der Waals surface area contributed by atoms with Crippen molar-refractivity contribution in [3.8, 4) is 5.69 Å². The maximum Gasteiger partial charge on any atom is 0.319 e. The van der Waals surface area contributed by atoms with Gasteiger partial charge in [-0.05, 0) is 62.2 Å². The van der Waals surface area contributed by atoms with Gasteiger partial charge in [0.2, 0.25) is 0 Å². The molecule has 26 heavy (non-hydrogen) atoms. The standard InChI is InChI=1S/C21H22ClN3O/c1-14-7-6-8-18(11-14)25-15(2)12-17(16(25)3)13-23-21(26)24-20-10-5-4-9-19(20)22/h4-12H,13H2,1-3H3,(H2,23,24,26). The van der Waals surface area contributed by atoms with E-state index in [0.717, 1.165) is 22.6 Å². The van der Waals surface area contributed by atoms with Crippen molar-refractivity contribution >= 4 is 23.3 Å². The fraction of sp³-hybridized carbons (Fsp3) is 0.190. The zero-order valence-electron chi connectivity index (χ0n) is 15.1. The summed E-state index contributed by atoms with van der Waals surface area (Å²) >= 11 is 6.07. The topological polar surface area (TPSA) is 46.1 Å². The van der Waals surface area contributed by atoms with Gasteiger partial charge in [0, 0.05) is 23.6 Å². The summed E-state index contributed by atoms with van der Waals surface area (Å²) < 4.78 is 2.20. The summed E-state index contributed by atoms with van der Waals surface area (Å²) in [6.07, 6.45) is 0. The predicted molar refractivity (Wildman–Crippen MR) is 107 cm³/mol. The number of rotatable bonds is 4. The van der Waals surface area contributed by atoms with Crippen LogP contribution in [0.1, 0.15) is 22.5 Å². The van der Waals surface area contributed by atoms with Gasteiger partial charge in [-0.25, -0.2) is 4.79 Å². The molecule has 0 aliphatic heterocycles. The van der Waals surface area contributed by atoms with E-state index in [1.165, 1.54) is 5.56 Å². The van der Waals surface area contributed by atoms with Crippen molar-refractivity contribution in [2.45, 2.75) is 27.3 Å². The van der Waals surface area contributed by atoms with Gasteiger partial charge < -0.3 is 15.2 Å². The highest BCUT2D eigenvalue weighted by atomic mass is 35.5. The lowest BCUT2D eigenvalue weighted by atomic mass is 10.2. The second-order valence-electron chi connectivity index (χ2n) is 6.36. The SMILES string of the molecule is Cc1cccc(-n2c(C)cc(CNC(=O)Nc3ccccc3Cl)c2C)c1. The first-order chi connectivity index (χ1) is 12.5. The van der Waals surface area contributed by atoms with Crippen molar-refractivity contribution in [2.24, 2.45) is 0 Å². The molecule has 0 spiro atoms. The maximum atomic E-state index is 12.2. The maximum absolute atomic E-state index is 12.2. The monoisotopic (exact) mass is 367 g/mol. The fourth-order valence-electron chi connectivity index (χ4n) is 3.08. The Kier molecular flexibility index (Phi) is 5.33. The van der Waals surface area contributed by atoms with Crippen LogP contribution in [-0.4, -0.2) is 10.6 Å². The molecule has 4 nitrogen and oxygen atoms in total. The van der Waals surface area contributed by atoms with Crippen LogP contribution in [0.3, 0.4) is 0 Å². The molecule has 0 saturated carbocycles. The van der Waals surface area contributed by atoms with E-state index >= 15 is 0 Å². The van der Waals surface area contributed by atoms with E-state index in [-0.39, 0.29) is 6.03 Å². The third kappa shape index (κ3) is 3.92. The number of anilines is 1. The average molecular weight is 368 g/mol. The predicted octanol–water partition coefficient (Wildman–Crippen LogP) is 5.38. The highest BCUT2D eigenvalue weighted by Gasteiger charge is 2.12. The molecule has 0 aliphatic rings. The van der Waals surface area contributed by atoms with Crippen LogP contribution in [0.4, 0.5) is 10.5 Å². The van der Waals surface area contributed by atoms with E-state index in [2.05, 4.69) is 66.3 Å². The van der Waals surface area contributed by atoms with Gasteiger partial charge in [-0.15, -0.1) is 0 Å². The van der Waals surface area contributed by atoms with Gasteiger partial charge in [0.25, 0.3) is 0 Å². The highest BCUT2D eigenvalue weighted by Crippen LogP contribution is 2.22. The van der Waals surface area contributed by atoms with Crippen LogP contribution < -0.4 is 10.6 Å². The van der Waals surface area contributed by atoms with E-state index in [0.29, 0.717) is 17.3 Å². The summed E-state index contributed by atoms with van der Waals surface area (Å²) in [5.41, 5.74) is 6.28. The largest absolute Gasteiger partial charge is 0.334 e. The molecule has 5 heteroatoms. The normalized spacial score (nSPS) is 10.6. The lowest BCUT2D eigenvalue weighted by Gasteiger charge is -2.11. The van der Waals surface area contributed by atoms with Crippen LogP contribution >= 0.6 is 11.6 Å². The van der Waals surface area contributed by atoms with Crippen LogP contribution in [0.2, 0.25) is 5.02 Å². The Labute approximate surface area is 158 Å². The molecule has 1 aromatic heterocycles. The lowest BCUT2D eigenvalue weighted by Crippen LogP contribution is -2.28. The molecular weight excluding hydrogens is 346 g/mol.